The molecule has 1 aliphatic carbocycles. The highest BCUT2D eigenvalue weighted by molar-refractivity contribution is 5.04. The van der Waals surface area contributed by atoms with Gasteiger partial charge in [-0.2, -0.15) is 0 Å². The summed E-state index contributed by atoms with van der Waals surface area (Å²) in [6, 6.07) is 0.856. The Labute approximate surface area is 114 Å². The van der Waals surface area contributed by atoms with E-state index in [1.165, 1.54) is 58.0 Å². The van der Waals surface area contributed by atoms with Gasteiger partial charge < -0.3 is 5.32 Å². The van der Waals surface area contributed by atoms with Crippen molar-refractivity contribution in [3.63, 3.8) is 0 Å². The van der Waals surface area contributed by atoms with Gasteiger partial charge in [-0.15, -0.1) is 0 Å². The minimum atomic E-state index is 0.372. The minimum Gasteiger partial charge on any atom is -0.308 e. The second-order valence-corrected chi connectivity index (χ2v) is 6.76. The van der Waals surface area contributed by atoms with Gasteiger partial charge in [-0.1, -0.05) is 33.6 Å². The zero-order chi connectivity index (χ0) is 13.2. The zero-order valence-electron chi connectivity index (χ0n) is 12.9. The third-order valence-corrected chi connectivity index (χ3v) is 5.89. The van der Waals surface area contributed by atoms with Crippen molar-refractivity contribution < 1.29 is 0 Å². The van der Waals surface area contributed by atoms with Crippen molar-refractivity contribution in [1.82, 2.24) is 10.2 Å². The summed E-state index contributed by atoms with van der Waals surface area (Å²) >= 11 is 0. The second kappa shape index (κ2) is 5.50. The van der Waals surface area contributed by atoms with E-state index >= 15 is 0 Å². The van der Waals surface area contributed by atoms with Crippen LogP contribution in [0.3, 0.4) is 0 Å². The number of hydrogen-bond donors (Lipinski definition) is 1. The van der Waals surface area contributed by atoms with E-state index in [0.717, 1.165) is 6.04 Å². The molecule has 0 aromatic rings. The lowest BCUT2D eigenvalue weighted by atomic mass is 9.81. The third kappa shape index (κ3) is 2.46. The normalized spacial score (nSPS) is 34.0. The average Bonchev–Trinajstić information content (AvgIpc) is 2.93. The number of rotatable bonds is 4. The molecule has 106 valence electrons. The van der Waals surface area contributed by atoms with Crippen LogP contribution in [0, 0.1) is 0 Å². The Balaban J connectivity index is 2.17. The maximum atomic E-state index is 3.89. The van der Waals surface area contributed by atoms with Crippen molar-refractivity contribution in [1.29, 1.82) is 0 Å². The van der Waals surface area contributed by atoms with Gasteiger partial charge in [0.1, 0.15) is 0 Å². The standard InChI is InChI=1S/C16H32N2/c1-5-15(4)12-17-16(6-2,7-3)13-18(15)14-10-8-9-11-14/h14,17H,5-13H2,1-4H3. The topological polar surface area (TPSA) is 15.3 Å². The molecule has 0 amide bonds. The predicted molar refractivity (Wildman–Crippen MR) is 79.0 cm³/mol. The van der Waals surface area contributed by atoms with Gasteiger partial charge in [0.15, 0.2) is 0 Å². The van der Waals surface area contributed by atoms with E-state index in [0.29, 0.717) is 11.1 Å². The molecule has 0 aromatic carbocycles. The minimum absolute atomic E-state index is 0.372. The molecule has 1 atom stereocenters. The van der Waals surface area contributed by atoms with E-state index in [1.807, 2.05) is 0 Å². The molecule has 1 saturated carbocycles. The molecule has 0 radical (unpaired) electrons. The zero-order valence-corrected chi connectivity index (χ0v) is 12.9. The predicted octanol–water partition coefficient (Wildman–Crippen LogP) is 3.56. The molecule has 2 fully saturated rings. The van der Waals surface area contributed by atoms with Crippen LogP contribution in [-0.2, 0) is 0 Å². The van der Waals surface area contributed by atoms with Crippen molar-refractivity contribution in [2.75, 3.05) is 13.1 Å². The van der Waals surface area contributed by atoms with Crippen molar-refractivity contribution in [3.8, 4) is 0 Å². The first kappa shape index (κ1) is 14.3. The number of hydrogen-bond acceptors (Lipinski definition) is 2. The van der Waals surface area contributed by atoms with Crippen LogP contribution >= 0.6 is 0 Å². The summed E-state index contributed by atoms with van der Waals surface area (Å²) in [7, 11) is 0. The quantitative estimate of drug-likeness (QED) is 0.823. The number of nitrogens with zero attached hydrogens (tertiary/aromatic N) is 1. The molecule has 0 spiro atoms. The van der Waals surface area contributed by atoms with Crippen LogP contribution in [0.15, 0.2) is 0 Å². The van der Waals surface area contributed by atoms with Gasteiger partial charge in [-0.3, -0.25) is 4.90 Å². The first-order chi connectivity index (χ1) is 8.59. The van der Waals surface area contributed by atoms with E-state index in [2.05, 4.69) is 37.9 Å². The molecule has 1 N–H and O–H groups in total. The second-order valence-electron chi connectivity index (χ2n) is 6.76. The molecule has 1 aliphatic heterocycles. The van der Waals surface area contributed by atoms with Crippen LogP contribution in [0.4, 0.5) is 0 Å². The Kier molecular flexibility index (Phi) is 4.38. The van der Waals surface area contributed by atoms with Crippen LogP contribution in [0.1, 0.15) is 72.6 Å². The van der Waals surface area contributed by atoms with Crippen LogP contribution in [0.5, 0.6) is 0 Å². The Morgan fingerprint density at radius 1 is 1.06 bits per heavy atom. The largest absolute Gasteiger partial charge is 0.308 e. The van der Waals surface area contributed by atoms with Gasteiger partial charge in [0.25, 0.3) is 0 Å². The molecule has 0 aromatic heterocycles. The Morgan fingerprint density at radius 2 is 1.67 bits per heavy atom. The van der Waals surface area contributed by atoms with Crippen LogP contribution in [0.2, 0.25) is 0 Å². The lowest BCUT2D eigenvalue weighted by molar-refractivity contribution is -0.0211. The fourth-order valence-corrected chi connectivity index (χ4v) is 3.89. The van der Waals surface area contributed by atoms with Gasteiger partial charge in [0.2, 0.25) is 0 Å². The lowest BCUT2D eigenvalue weighted by Crippen LogP contribution is -2.70. The highest BCUT2D eigenvalue weighted by atomic mass is 15.3. The van der Waals surface area contributed by atoms with E-state index in [-0.39, 0.29) is 0 Å². The molecule has 2 rings (SSSR count). The maximum Gasteiger partial charge on any atom is 0.0307 e. The van der Waals surface area contributed by atoms with E-state index in [4.69, 9.17) is 0 Å². The highest BCUT2D eigenvalue weighted by Crippen LogP contribution is 2.36. The van der Waals surface area contributed by atoms with Crippen molar-refractivity contribution in [2.24, 2.45) is 0 Å². The molecule has 0 bridgehead atoms. The lowest BCUT2D eigenvalue weighted by Gasteiger charge is -2.55. The van der Waals surface area contributed by atoms with Crippen molar-refractivity contribution in [2.45, 2.75) is 89.8 Å². The molecule has 18 heavy (non-hydrogen) atoms. The molecule has 2 aliphatic rings. The van der Waals surface area contributed by atoms with Gasteiger partial charge in [0.05, 0.1) is 0 Å². The molecule has 1 heterocycles. The van der Waals surface area contributed by atoms with Gasteiger partial charge in [-0.25, -0.2) is 0 Å². The number of nitrogens with one attached hydrogen (secondary N) is 1. The highest BCUT2D eigenvalue weighted by Gasteiger charge is 2.45. The number of piperazine rings is 1. The summed E-state index contributed by atoms with van der Waals surface area (Å²) in [6.07, 6.45) is 9.52. The third-order valence-electron chi connectivity index (χ3n) is 5.89. The van der Waals surface area contributed by atoms with E-state index in [1.54, 1.807) is 0 Å². The summed E-state index contributed by atoms with van der Waals surface area (Å²) in [4.78, 5) is 2.88. The van der Waals surface area contributed by atoms with Gasteiger partial charge in [-0.05, 0) is 39.0 Å². The van der Waals surface area contributed by atoms with Crippen molar-refractivity contribution >= 4 is 0 Å². The molecular weight excluding hydrogens is 220 g/mol. The van der Waals surface area contributed by atoms with Crippen LogP contribution in [0.25, 0.3) is 0 Å². The van der Waals surface area contributed by atoms with Gasteiger partial charge >= 0.3 is 0 Å². The Morgan fingerprint density at radius 3 is 2.17 bits per heavy atom. The monoisotopic (exact) mass is 252 g/mol. The fourth-order valence-electron chi connectivity index (χ4n) is 3.89. The summed E-state index contributed by atoms with van der Waals surface area (Å²) in [6.45, 7) is 11.9. The molecule has 1 saturated heterocycles. The smallest absolute Gasteiger partial charge is 0.0307 e. The summed E-state index contributed by atoms with van der Waals surface area (Å²) in [5.74, 6) is 0. The first-order valence-corrected chi connectivity index (χ1v) is 8.11. The summed E-state index contributed by atoms with van der Waals surface area (Å²) in [5.41, 5.74) is 0.750. The molecule has 2 heteroatoms. The molecule has 1 unspecified atom stereocenters. The van der Waals surface area contributed by atoms with Crippen LogP contribution < -0.4 is 5.32 Å². The maximum absolute atomic E-state index is 3.89. The fraction of sp³-hybridized carbons (Fsp3) is 1.00. The summed E-state index contributed by atoms with van der Waals surface area (Å²) in [5, 5.41) is 3.89. The van der Waals surface area contributed by atoms with Crippen LogP contribution in [-0.4, -0.2) is 35.1 Å². The average molecular weight is 252 g/mol. The SMILES string of the molecule is CCC1(CC)CN(C2CCCC2)C(C)(CC)CN1. The first-order valence-electron chi connectivity index (χ1n) is 8.11. The molecular formula is C16H32N2. The Bertz CT molecular complexity index is 266. The Hall–Kier alpha value is -0.0800. The van der Waals surface area contributed by atoms with E-state index in [9.17, 15) is 0 Å². The van der Waals surface area contributed by atoms with Gasteiger partial charge in [0, 0.05) is 30.2 Å². The van der Waals surface area contributed by atoms with Crippen molar-refractivity contribution in [3.05, 3.63) is 0 Å². The summed E-state index contributed by atoms with van der Waals surface area (Å²) < 4.78 is 0. The molecule has 2 nitrogen and oxygen atoms in total. The van der Waals surface area contributed by atoms with E-state index < -0.39 is 0 Å².